The molecule has 0 aromatic heterocycles. The van der Waals surface area contributed by atoms with Crippen LogP contribution in [0.2, 0.25) is 5.02 Å². The molecule has 110 valence electrons. The lowest BCUT2D eigenvalue weighted by Gasteiger charge is -2.22. The predicted octanol–water partition coefficient (Wildman–Crippen LogP) is 4.74. The number of rotatable bonds is 4. The van der Waals surface area contributed by atoms with Gasteiger partial charge in [-0.25, -0.2) is 0 Å². The molecule has 1 heterocycles. The Labute approximate surface area is 138 Å². The molecule has 0 saturated heterocycles. The van der Waals surface area contributed by atoms with Crippen molar-refractivity contribution < 1.29 is 4.74 Å². The van der Waals surface area contributed by atoms with Crippen molar-refractivity contribution in [3.8, 4) is 5.75 Å². The maximum absolute atomic E-state index is 6.06. The molecule has 2 aromatic rings. The van der Waals surface area contributed by atoms with Crippen LogP contribution in [-0.2, 0) is 6.42 Å². The predicted molar refractivity (Wildman–Crippen MR) is 90.3 cm³/mol. The van der Waals surface area contributed by atoms with E-state index in [1.807, 2.05) is 12.1 Å². The van der Waals surface area contributed by atoms with E-state index < -0.39 is 0 Å². The minimum atomic E-state index is 0.0923. The van der Waals surface area contributed by atoms with Gasteiger partial charge in [-0.1, -0.05) is 58.7 Å². The molecule has 2 nitrogen and oxygen atoms in total. The van der Waals surface area contributed by atoms with Crippen LogP contribution in [0, 0.1) is 0 Å². The summed E-state index contributed by atoms with van der Waals surface area (Å²) in [6, 6.07) is 12.4. The smallest absolute Gasteiger partial charge is 0.127 e. The van der Waals surface area contributed by atoms with Gasteiger partial charge in [0.2, 0.25) is 0 Å². The summed E-state index contributed by atoms with van der Waals surface area (Å²) in [4.78, 5) is 0. The number of fused-ring (bicyclic) bond motifs is 1. The van der Waals surface area contributed by atoms with Crippen molar-refractivity contribution in [2.45, 2.75) is 19.4 Å². The Balaban J connectivity index is 2.08. The summed E-state index contributed by atoms with van der Waals surface area (Å²) in [5.74, 6) is 1.03. The van der Waals surface area contributed by atoms with E-state index in [4.69, 9.17) is 16.3 Å². The van der Waals surface area contributed by atoms with Crippen LogP contribution in [0.1, 0.15) is 29.7 Å². The highest BCUT2D eigenvalue weighted by atomic mass is 79.9. The molecule has 0 saturated carbocycles. The number of benzene rings is 2. The van der Waals surface area contributed by atoms with Gasteiger partial charge in [0.1, 0.15) is 5.75 Å². The molecule has 0 bridgehead atoms. The Bertz CT molecular complexity index is 659. The van der Waals surface area contributed by atoms with Crippen LogP contribution in [0.3, 0.4) is 0 Å². The normalized spacial score (nSPS) is 14.6. The fourth-order valence-electron chi connectivity index (χ4n) is 2.80. The number of ether oxygens (including phenoxy) is 1. The van der Waals surface area contributed by atoms with Crippen LogP contribution >= 0.6 is 27.5 Å². The molecule has 4 heteroatoms. The Hall–Kier alpha value is -1.03. The zero-order chi connectivity index (χ0) is 14.8. The third kappa shape index (κ3) is 2.96. The van der Waals surface area contributed by atoms with Gasteiger partial charge in [0.25, 0.3) is 0 Å². The molecule has 3 rings (SSSR count). The number of hydrogen-bond donors (Lipinski definition) is 1. The minimum Gasteiger partial charge on any atom is -0.493 e. The largest absolute Gasteiger partial charge is 0.493 e. The van der Waals surface area contributed by atoms with Crippen molar-refractivity contribution in [2.24, 2.45) is 0 Å². The van der Waals surface area contributed by atoms with Crippen LogP contribution in [0.25, 0.3) is 0 Å². The minimum absolute atomic E-state index is 0.0923. The van der Waals surface area contributed by atoms with Gasteiger partial charge in [-0.3, -0.25) is 0 Å². The molecule has 1 aliphatic heterocycles. The van der Waals surface area contributed by atoms with Crippen molar-refractivity contribution in [3.63, 3.8) is 0 Å². The van der Waals surface area contributed by atoms with Gasteiger partial charge in [-0.2, -0.15) is 0 Å². The summed E-state index contributed by atoms with van der Waals surface area (Å²) in [6.07, 6.45) is 0.990. The first-order chi connectivity index (χ1) is 10.2. The average molecular weight is 367 g/mol. The van der Waals surface area contributed by atoms with Gasteiger partial charge >= 0.3 is 0 Å². The Morgan fingerprint density at radius 3 is 2.90 bits per heavy atom. The van der Waals surface area contributed by atoms with Crippen LogP contribution in [-0.4, -0.2) is 13.2 Å². The third-order valence-corrected chi connectivity index (χ3v) is 4.66. The molecule has 1 atom stereocenters. The van der Waals surface area contributed by atoms with Crippen LogP contribution in [0.15, 0.2) is 40.9 Å². The molecule has 0 amide bonds. The molecular weight excluding hydrogens is 350 g/mol. The lowest BCUT2D eigenvalue weighted by Crippen LogP contribution is -2.23. The molecule has 2 aromatic carbocycles. The lowest BCUT2D eigenvalue weighted by molar-refractivity contribution is 0.350. The van der Waals surface area contributed by atoms with Gasteiger partial charge in [-0.05, 0) is 29.8 Å². The summed E-state index contributed by atoms with van der Waals surface area (Å²) in [7, 11) is 0. The third-order valence-electron chi connectivity index (χ3n) is 3.74. The van der Waals surface area contributed by atoms with Crippen molar-refractivity contribution in [1.82, 2.24) is 5.32 Å². The second kappa shape index (κ2) is 6.39. The molecule has 1 aliphatic rings. The average Bonchev–Trinajstić information content (AvgIpc) is 2.94. The first-order valence-electron chi connectivity index (χ1n) is 7.13. The van der Waals surface area contributed by atoms with Crippen molar-refractivity contribution >= 4 is 27.5 Å². The maximum Gasteiger partial charge on any atom is 0.127 e. The summed E-state index contributed by atoms with van der Waals surface area (Å²) in [5, 5.41) is 4.28. The van der Waals surface area contributed by atoms with E-state index in [0.717, 1.165) is 34.8 Å². The summed E-state index contributed by atoms with van der Waals surface area (Å²) < 4.78 is 6.87. The van der Waals surface area contributed by atoms with Crippen molar-refractivity contribution in [2.75, 3.05) is 13.2 Å². The SMILES string of the molecule is CCNC(c1ccc(Cl)cc1Br)c1cccc2c1OCC2. The van der Waals surface area contributed by atoms with E-state index in [1.54, 1.807) is 0 Å². The van der Waals surface area contributed by atoms with Gasteiger partial charge in [0.05, 0.1) is 12.6 Å². The second-order valence-corrected chi connectivity index (χ2v) is 6.38. The number of nitrogens with one attached hydrogen (secondary N) is 1. The van der Waals surface area contributed by atoms with Gasteiger partial charge in [-0.15, -0.1) is 0 Å². The fraction of sp³-hybridized carbons (Fsp3) is 0.294. The van der Waals surface area contributed by atoms with Crippen LogP contribution in [0.4, 0.5) is 0 Å². The summed E-state index contributed by atoms with van der Waals surface area (Å²) >= 11 is 9.69. The maximum atomic E-state index is 6.06. The van der Waals surface area contributed by atoms with E-state index in [1.165, 1.54) is 16.7 Å². The molecule has 0 radical (unpaired) electrons. The number of hydrogen-bond acceptors (Lipinski definition) is 2. The highest BCUT2D eigenvalue weighted by Gasteiger charge is 2.24. The van der Waals surface area contributed by atoms with Gasteiger partial charge in [0.15, 0.2) is 0 Å². The zero-order valence-corrected chi connectivity index (χ0v) is 14.2. The van der Waals surface area contributed by atoms with E-state index in [2.05, 4.69) is 52.4 Å². The van der Waals surface area contributed by atoms with Crippen molar-refractivity contribution in [3.05, 3.63) is 62.6 Å². The molecule has 1 N–H and O–H groups in total. The molecule has 0 aliphatic carbocycles. The quantitative estimate of drug-likeness (QED) is 0.844. The number of para-hydroxylation sites is 1. The first-order valence-corrected chi connectivity index (χ1v) is 8.30. The van der Waals surface area contributed by atoms with Crippen molar-refractivity contribution in [1.29, 1.82) is 0 Å². The summed E-state index contributed by atoms with van der Waals surface area (Å²) in [6.45, 7) is 3.76. The Morgan fingerprint density at radius 1 is 1.29 bits per heavy atom. The number of halogens is 2. The Morgan fingerprint density at radius 2 is 2.14 bits per heavy atom. The van der Waals surface area contributed by atoms with Crippen LogP contribution in [0.5, 0.6) is 5.75 Å². The molecule has 0 spiro atoms. The Kier molecular flexibility index (Phi) is 4.53. The van der Waals surface area contributed by atoms with E-state index in [0.29, 0.717) is 0 Å². The highest BCUT2D eigenvalue weighted by molar-refractivity contribution is 9.10. The molecular formula is C17H17BrClNO. The fourth-order valence-corrected chi connectivity index (χ4v) is 3.71. The first kappa shape index (κ1) is 14.9. The van der Waals surface area contributed by atoms with E-state index in [9.17, 15) is 0 Å². The zero-order valence-electron chi connectivity index (χ0n) is 11.8. The lowest BCUT2D eigenvalue weighted by atomic mass is 9.96. The summed E-state index contributed by atoms with van der Waals surface area (Å²) in [5.41, 5.74) is 3.65. The standard InChI is InChI=1S/C17H17BrClNO/c1-2-20-16(13-7-6-12(19)10-15(13)18)14-5-3-4-11-8-9-21-17(11)14/h3-7,10,16,20H,2,8-9H2,1H3. The van der Waals surface area contributed by atoms with E-state index in [-0.39, 0.29) is 6.04 Å². The molecule has 0 fully saturated rings. The topological polar surface area (TPSA) is 21.3 Å². The monoisotopic (exact) mass is 365 g/mol. The van der Waals surface area contributed by atoms with E-state index >= 15 is 0 Å². The van der Waals surface area contributed by atoms with Gasteiger partial charge in [0, 0.05) is 21.5 Å². The highest BCUT2D eigenvalue weighted by Crippen LogP contribution is 2.38. The molecule has 1 unspecified atom stereocenters. The van der Waals surface area contributed by atoms with Crippen LogP contribution < -0.4 is 10.1 Å². The van der Waals surface area contributed by atoms with Gasteiger partial charge < -0.3 is 10.1 Å². The second-order valence-electron chi connectivity index (χ2n) is 5.09. The molecule has 21 heavy (non-hydrogen) atoms.